The molecule has 2 heterocycles. The topological polar surface area (TPSA) is 68.0 Å². The minimum absolute atomic E-state index is 0.0973. The maximum atomic E-state index is 13.0. The molecule has 8 heteroatoms. The molecule has 26 heavy (non-hydrogen) atoms. The zero-order valence-corrected chi connectivity index (χ0v) is 15.1. The summed E-state index contributed by atoms with van der Waals surface area (Å²) in [6.45, 7) is 5.40. The van der Waals surface area contributed by atoms with Crippen LogP contribution in [0.1, 0.15) is 32.1 Å². The van der Waals surface area contributed by atoms with Gasteiger partial charge in [0.2, 0.25) is 0 Å². The second-order valence-electron chi connectivity index (χ2n) is 6.10. The van der Waals surface area contributed by atoms with E-state index in [9.17, 15) is 18.0 Å². The molecule has 0 saturated heterocycles. The molecule has 0 fully saturated rings. The predicted molar refractivity (Wildman–Crippen MR) is 97.6 cm³/mol. The van der Waals surface area contributed by atoms with Crippen molar-refractivity contribution in [1.82, 2.24) is 4.98 Å². The first-order chi connectivity index (χ1) is 12.1. The molecule has 3 aromatic rings. The Kier molecular flexibility index (Phi) is 4.39. The maximum Gasteiger partial charge on any atom is 0.433 e. The van der Waals surface area contributed by atoms with Crippen LogP contribution in [0.4, 0.5) is 24.5 Å². The Hall–Kier alpha value is -2.61. The minimum atomic E-state index is -4.56. The third-order valence-electron chi connectivity index (χ3n) is 4.16. The molecule has 0 spiro atoms. The second kappa shape index (κ2) is 6.28. The zero-order chi connectivity index (χ0) is 19.2. The van der Waals surface area contributed by atoms with E-state index in [1.54, 1.807) is 6.07 Å². The number of amides is 1. The highest BCUT2D eigenvalue weighted by Gasteiger charge is 2.34. The molecule has 0 unspecified atom stereocenters. The lowest BCUT2D eigenvalue weighted by atomic mass is 10.1. The van der Waals surface area contributed by atoms with Crippen molar-refractivity contribution in [3.05, 3.63) is 51.5 Å². The fraction of sp³-hybridized carbons (Fsp3) is 0.222. The minimum Gasteiger partial charge on any atom is -0.397 e. The smallest absolute Gasteiger partial charge is 0.397 e. The number of benzene rings is 1. The first-order valence-electron chi connectivity index (χ1n) is 7.73. The molecule has 0 aliphatic heterocycles. The summed E-state index contributed by atoms with van der Waals surface area (Å²) in [5, 5.41) is 3.12. The van der Waals surface area contributed by atoms with E-state index in [4.69, 9.17) is 5.73 Å². The molecular weight excluding hydrogens is 363 g/mol. The summed E-state index contributed by atoms with van der Waals surface area (Å²) < 4.78 is 38.9. The fourth-order valence-corrected chi connectivity index (χ4v) is 3.70. The Bertz CT molecular complexity index is 1020. The molecule has 0 saturated carbocycles. The highest BCUT2D eigenvalue weighted by molar-refractivity contribution is 7.21. The van der Waals surface area contributed by atoms with Crippen molar-refractivity contribution < 1.29 is 18.0 Å². The van der Waals surface area contributed by atoms with Crippen LogP contribution < -0.4 is 11.1 Å². The molecule has 3 rings (SSSR count). The summed E-state index contributed by atoms with van der Waals surface area (Å²) in [6.07, 6.45) is -4.56. The van der Waals surface area contributed by atoms with E-state index in [1.165, 1.54) is 6.92 Å². The van der Waals surface area contributed by atoms with Crippen molar-refractivity contribution >= 4 is 38.8 Å². The average Bonchev–Trinajstić information content (AvgIpc) is 2.87. The molecule has 0 aliphatic carbocycles. The number of hydrogen-bond donors (Lipinski definition) is 2. The first kappa shape index (κ1) is 18.2. The van der Waals surface area contributed by atoms with Gasteiger partial charge in [-0.2, -0.15) is 13.2 Å². The number of pyridine rings is 1. The quantitative estimate of drug-likeness (QED) is 0.653. The summed E-state index contributed by atoms with van der Waals surface area (Å²) in [4.78, 5) is 16.4. The number of rotatable bonds is 2. The molecule has 2 aromatic heterocycles. The average molecular weight is 379 g/mol. The Labute approximate surface area is 151 Å². The van der Waals surface area contributed by atoms with Crippen molar-refractivity contribution in [3.63, 3.8) is 0 Å². The number of hydrogen-bond acceptors (Lipinski definition) is 4. The molecule has 0 atom stereocenters. The third-order valence-corrected chi connectivity index (χ3v) is 5.26. The van der Waals surface area contributed by atoms with Gasteiger partial charge in [-0.25, -0.2) is 4.98 Å². The number of alkyl halides is 3. The van der Waals surface area contributed by atoms with Gasteiger partial charge in [0, 0.05) is 11.1 Å². The highest BCUT2D eigenvalue weighted by atomic mass is 32.1. The Morgan fingerprint density at radius 2 is 1.81 bits per heavy atom. The van der Waals surface area contributed by atoms with Crippen LogP contribution >= 0.6 is 11.3 Å². The van der Waals surface area contributed by atoms with Gasteiger partial charge in [0.15, 0.2) is 0 Å². The van der Waals surface area contributed by atoms with E-state index >= 15 is 0 Å². The molecule has 0 bridgehead atoms. The molecule has 0 radical (unpaired) electrons. The molecule has 4 nitrogen and oxygen atoms in total. The Morgan fingerprint density at radius 3 is 2.42 bits per heavy atom. The van der Waals surface area contributed by atoms with Crippen LogP contribution in [0.15, 0.2) is 24.3 Å². The number of halogens is 3. The van der Waals surface area contributed by atoms with Gasteiger partial charge in [-0.15, -0.1) is 11.3 Å². The van der Waals surface area contributed by atoms with E-state index in [-0.39, 0.29) is 15.4 Å². The van der Waals surface area contributed by atoms with Crippen LogP contribution in [0.25, 0.3) is 10.2 Å². The largest absolute Gasteiger partial charge is 0.433 e. The standard InChI is InChI=1S/C18H16F3N3OS/c1-8-4-5-11(6-9(8)2)23-16(25)15-14(22)13-10(3)7-12(18(19,20)21)24-17(13)26-15/h4-7H,22H2,1-3H3,(H,23,25). The molecular formula is C18H16F3N3OS. The number of nitrogens with zero attached hydrogens (tertiary/aromatic N) is 1. The number of nitrogens with one attached hydrogen (secondary N) is 1. The van der Waals surface area contributed by atoms with Gasteiger partial charge in [0.05, 0.1) is 5.69 Å². The monoisotopic (exact) mass is 379 g/mol. The SMILES string of the molecule is Cc1ccc(NC(=O)c2sc3nc(C(F)(F)F)cc(C)c3c2N)cc1C. The normalized spacial score (nSPS) is 11.8. The number of aryl methyl sites for hydroxylation is 3. The fourth-order valence-electron chi connectivity index (χ4n) is 2.63. The van der Waals surface area contributed by atoms with Crippen LogP contribution in [0.2, 0.25) is 0 Å². The second-order valence-corrected chi connectivity index (χ2v) is 7.10. The lowest BCUT2D eigenvalue weighted by Gasteiger charge is -2.07. The van der Waals surface area contributed by atoms with Crippen LogP contribution in [0, 0.1) is 20.8 Å². The summed E-state index contributed by atoms with van der Waals surface area (Å²) in [7, 11) is 0. The van der Waals surface area contributed by atoms with E-state index in [1.807, 2.05) is 26.0 Å². The highest BCUT2D eigenvalue weighted by Crippen LogP contribution is 2.38. The number of fused-ring (bicyclic) bond motifs is 1. The number of aromatic nitrogens is 1. The summed E-state index contributed by atoms with van der Waals surface area (Å²) in [5.74, 6) is -0.471. The van der Waals surface area contributed by atoms with Crippen molar-refractivity contribution in [3.8, 4) is 0 Å². The van der Waals surface area contributed by atoms with Gasteiger partial charge in [0.1, 0.15) is 15.4 Å². The summed E-state index contributed by atoms with van der Waals surface area (Å²) in [6, 6.07) is 6.40. The number of thiophene rings is 1. The van der Waals surface area contributed by atoms with E-state index in [0.29, 0.717) is 16.6 Å². The number of nitrogens with two attached hydrogens (primary N) is 1. The van der Waals surface area contributed by atoms with Crippen molar-refractivity contribution in [2.75, 3.05) is 11.1 Å². The van der Waals surface area contributed by atoms with E-state index in [0.717, 1.165) is 28.5 Å². The molecule has 1 aromatic carbocycles. The van der Waals surface area contributed by atoms with Gasteiger partial charge in [-0.1, -0.05) is 6.07 Å². The van der Waals surface area contributed by atoms with Crippen molar-refractivity contribution in [2.45, 2.75) is 26.9 Å². The van der Waals surface area contributed by atoms with E-state index < -0.39 is 17.8 Å². The van der Waals surface area contributed by atoms with Gasteiger partial charge in [-0.3, -0.25) is 4.79 Å². The van der Waals surface area contributed by atoms with Crippen LogP contribution in [-0.4, -0.2) is 10.9 Å². The Balaban J connectivity index is 2.02. The van der Waals surface area contributed by atoms with Crippen LogP contribution in [0.3, 0.4) is 0 Å². The zero-order valence-electron chi connectivity index (χ0n) is 14.3. The van der Waals surface area contributed by atoms with Gasteiger partial charge < -0.3 is 11.1 Å². The molecule has 0 aliphatic rings. The van der Waals surface area contributed by atoms with Crippen LogP contribution in [0.5, 0.6) is 0 Å². The number of carbonyl (C=O) groups excluding carboxylic acids is 1. The molecule has 3 N–H and O–H groups in total. The predicted octanol–water partition coefficient (Wildman–Crippen LogP) is 5.07. The number of anilines is 2. The number of nitrogen functional groups attached to an aromatic ring is 1. The first-order valence-corrected chi connectivity index (χ1v) is 8.55. The van der Waals surface area contributed by atoms with Gasteiger partial charge >= 0.3 is 6.18 Å². The van der Waals surface area contributed by atoms with Crippen LogP contribution in [-0.2, 0) is 6.18 Å². The molecule has 1 amide bonds. The lowest BCUT2D eigenvalue weighted by Crippen LogP contribution is -2.12. The number of carbonyl (C=O) groups is 1. The summed E-state index contributed by atoms with van der Waals surface area (Å²) in [5.41, 5.74) is 8.21. The van der Waals surface area contributed by atoms with E-state index in [2.05, 4.69) is 10.3 Å². The van der Waals surface area contributed by atoms with Crippen molar-refractivity contribution in [2.24, 2.45) is 0 Å². The third kappa shape index (κ3) is 3.24. The molecule has 136 valence electrons. The maximum absolute atomic E-state index is 13.0. The summed E-state index contributed by atoms with van der Waals surface area (Å²) >= 11 is 0.855. The Morgan fingerprint density at radius 1 is 1.12 bits per heavy atom. The van der Waals surface area contributed by atoms with Gasteiger partial charge in [0.25, 0.3) is 5.91 Å². The lowest BCUT2D eigenvalue weighted by molar-refractivity contribution is -0.141. The van der Waals surface area contributed by atoms with Crippen molar-refractivity contribution in [1.29, 1.82) is 0 Å². The van der Waals surface area contributed by atoms with Gasteiger partial charge in [-0.05, 0) is 55.7 Å².